The largest absolute Gasteiger partial charge is 0.418 e. The number of oxazole rings is 1. The summed E-state index contributed by atoms with van der Waals surface area (Å²) in [5.41, 5.74) is 3.42. The number of H-pyrrole nitrogens is 2. The van der Waals surface area contributed by atoms with Gasteiger partial charge in [0, 0.05) is 30.5 Å². The fourth-order valence-corrected chi connectivity index (χ4v) is 2.95. The zero-order valence-corrected chi connectivity index (χ0v) is 14.9. The molecule has 1 aromatic carbocycles. The van der Waals surface area contributed by atoms with Crippen LogP contribution in [0.25, 0.3) is 28.2 Å². The molecule has 4 aromatic rings. The zero-order valence-electron chi connectivity index (χ0n) is 14.9. The van der Waals surface area contributed by atoms with E-state index in [9.17, 15) is 9.59 Å². The lowest BCUT2D eigenvalue weighted by Gasteiger charge is -2.22. The number of aromatic amines is 2. The van der Waals surface area contributed by atoms with Crippen molar-refractivity contribution in [1.29, 1.82) is 0 Å². The summed E-state index contributed by atoms with van der Waals surface area (Å²) >= 11 is 0. The molecule has 0 aliphatic heterocycles. The van der Waals surface area contributed by atoms with E-state index in [1.165, 1.54) is 6.08 Å². The number of rotatable bonds is 4. The molecule has 0 fully saturated rings. The highest BCUT2D eigenvalue weighted by atomic mass is 16.4. The van der Waals surface area contributed by atoms with Crippen molar-refractivity contribution in [1.82, 2.24) is 19.9 Å². The Labute approximate surface area is 154 Å². The van der Waals surface area contributed by atoms with E-state index in [0.717, 1.165) is 16.6 Å². The van der Waals surface area contributed by atoms with Crippen molar-refractivity contribution in [3.8, 4) is 0 Å². The molecule has 0 spiro atoms. The maximum Gasteiger partial charge on any atom is 0.418 e. The normalized spacial score (nSPS) is 12.8. The van der Waals surface area contributed by atoms with E-state index in [1.54, 1.807) is 30.3 Å². The van der Waals surface area contributed by atoms with Gasteiger partial charge in [0.1, 0.15) is 0 Å². The Hall–Kier alpha value is -3.61. The van der Waals surface area contributed by atoms with E-state index in [-0.39, 0.29) is 11.9 Å². The van der Waals surface area contributed by atoms with E-state index < -0.39 is 5.76 Å². The summed E-state index contributed by atoms with van der Waals surface area (Å²) < 4.78 is 4.98. The van der Waals surface area contributed by atoms with Gasteiger partial charge in [0.05, 0.1) is 6.04 Å². The second-order valence-electron chi connectivity index (χ2n) is 6.40. The summed E-state index contributed by atoms with van der Waals surface area (Å²) in [6, 6.07) is 11.6. The predicted molar refractivity (Wildman–Crippen MR) is 103 cm³/mol. The molecule has 0 aliphatic rings. The van der Waals surface area contributed by atoms with Gasteiger partial charge in [-0.3, -0.25) is 9.78 Å². The summed E-state index contributed by atoms with van der Waals surface area (Å²) in [5.74, 6) is -0.696. The number of carbonyl (C=O) groups excluding carboxylic acids is 1. The molecule has 4 rings (SSSR count). The number of nitrogens with one attached hydrogen (secondary N) is 2. The number of likely N-dealkylation sites (N-methyl/N-ethyl adjacent to an activating group) is 1. The molecule has 1 amide bonds. The highest BCUT2D eigenvalue weighted by molar-refractivity contribution is 5.92. The monoisotopic (exact) mass is 362 g/mol. The first kappa shape index (κ1) is 16.8. The van der Waals surface area contributed by atoms with Crippen LogP contribution in [0.3, 0.4) is 0 Å². The molecule has 0 radical (unpaired) electrons. The molecule has 0 saturated carbocycles. The first-order valence-electron chi connectivity index (χ1n) is 8.52. The zero-order chi connectivity index (χ0) is 19.0. The van der Waals surface area contributed by atoms with Crippen molar-refractivity contribution in [3.05, 3.63) is 70.5 Å². The maximum atomic E-state index is 12.5. The lowest BCUT2D eigenvalue weighted by Crippen LogP contribution is -2.28. The minimum atomic E-state index is -0.554. The minimum Gasteiger partial charge on any atom is -0.406 e. The quantitative estimate of drug-likeness (QED) is 0.545. The van der Waals surface area contributed by atoms with Gasteiger partial charge in [-0.25, -0.2) is 9.78 Å². The molecule has 0 saturated heterocycles. The van der Waals surface area contributed by atoms with Gasteiger partial charge in [0.2, 0.25) is 5.91 Å². The third-order valence-corrected chi connectivity index (χ3v) is 4.64. The van der Waals surface area contributed by atoms with Gasteiger partial charge in [-0.2, -0.15) is 0 Å². The Kier molecular flexibility index (Phi) is 4.12. The number of benzene rings is 1. The van der Waals surface area contributed by atoms with E-state index in [1.807, 2.05) is 31.2 Å². The molecule has 27 heavy (non-hydrogen) atoms. The fraction of sp³-hybridized carbons (Fsp3) is 0.150. The van der Waals surface area contributed by atoms with E-state index in [4.69, 9.17) is 4.42 Å². The van der Waals surface area contributed by atoms with Crippen LogP contribution >= 0.6 is 0 Å². The highest BCUT2D eigenvalue weighted by Gasteiger charge is 2.17. The lowest BCUT2D eigenvalue weighted by molar-refractivity contribution is -0.126. The molecule has 136 valence electrons. The summed E-state index contributed by atoms with van der Waals surface area (Å²) in [6.07, 6.45) is 4.70. The van der Waals surface area contributed by atoms with Crippen molar-refractivity contribution in [2.45, 2.75) is 13.0 Å². The van der Waals surface area contributed by atoms with Gasteiger partial charge in [-0.05, 0) is 42.1 Å². The van der Waals surface area contributed by atoms with Crippen LogP contribution in [0.4, 0.5) is 0 Å². The van der Waals surface area contributed by atoms with Gasteiger partial charge in [0.15, 0.2) is 11.2 Å². The van der Waals surface area contributed by atoms with Crippen molar-refractivity contribution >= 4 is 34.1 Å². The van der Waals surface area contributed by atoms with Crippen molar-refractivity contribution < 1.29 is 9.21 Å². The van der Waals surface area contributed by atoms with Crippen LogP contribution in [0.5, 0.6) is 0 Å². The number of amides is 1. The Bertz CT molecular complexity index is 1180. The Morgan fingerprint density at radius 3 is 2.89 bits per heavy atom. The third-order valence-electron chi connectivity index (χ3n) is 4.64. The van der Waals surface area contributed by atoms with Crippen molar-refractivity contribution in [3.63, 3.8) is 0 Å². The van der Waals surface area contributed by atoms with Crippen LogP contribution in [0.1, 0.15) is 24.2 Å². The van der Waals surface area contributed by atoms with Crippen LogP contribution in [-0.4, -0.2) is 32.8 Å². The number of carbonyl (C=O) groups is 1. The van der Waals surface area contributed by atoms with Crippen LogP contribution in [0.15, 0.2) is 57.9 Å². The Morgan fingerprint density at radius 1 is 1.26 bits per heavy atom. The molecular formula is C20H18N4O3. The van der Waals surface area contributed by atoms with Crippen molar-refractivity contribution in [2.24, 2.45) is 0 Å². The third kappa shape index (κ3) is 3.27. The predicted octanol–water partition coefficient (Wildman–Crippen LogP) is 3.23. The molecule has 2 N–H and O–H groups in total. The first-order valence-corrected chi connectivity index (χ1v) is 8.52. The number of aromatic nitrogens is 3. The molecule has 1 atom stereocenters. The Balaban J connectivity index is 1.51. The standard InChI is InChI=1S/C20H18N4O3/c1-12(16-10-14-5-3-4-6-15(14)22-16)24(2)18(25)8-7-13-9-17-19(21-11-13)23-20(26)27-17/h3-12,22H,1-2H3,(H,21,23,26). The number of para-hydroxylation sites is 1. The van der Waals surface area contributed by atoms with Gasteiger partial charge < -0.3 is 14.3 Å². The van der Waals surface area contributed by atoms with Gasteiger partial charge in [-0.15, -0.1) is 0 Å². The molecule has 3 aromatic heterocycles. The lowest BCUT2D eigenvalue weighted by atomic mass is 10.2. The van der Waals surface area contributed by atoms with Crippen LogP contribution < -0.4 is 5.76 Å². The number of hydrogen-bond acceptors (Lipinski definition) is 4. The van der Waals surface area contributed by atoms with E-state index in [2.05, 4.69) is 21.0 Å². The van der Waals surface area contributed by atoms with E-state index in [0.29, 0.717) is 16.8 Å². The molecule has 7 nitrogen and oxygen atoms in total. The summed E-state index contributed by atoms with van der Waals surface area (Å²) in [5, 5.41) is 1.11. The van der Waals surface area contributed by atoms with Crippen LogP contribution in [0.2, 0.25) is 0 Å². The van der Waals surface area contributed by atoms with E-state index >= 15 is 0 Å². The average Bonchev–Trinajstić information content (AvgIpc) is 3.26. The SMILES string of the molecule is CC(c1cc2ccccc2[nH]1)N(C)C(=O)C=Cc1cnc2[nH]c(=O)oc2c1. The second-order valence-corrected chi connectivity index (χ2v) is 6.40. The molecule has 0 bridgehead atoms. The molecule has 3 heterocycles. The number of pyridine rings is 1. The maximum absolute atomic E-state index is 12.5. The highest BCUT2D eigenvalue weighted by Crippen LogP contribution is 2.23. The molecular weight excluding hydrogens is 344 g/mol. The van der Waals surface area contributed by atoms with Crippen molar-refractivity contribution in [2.75, 3.05) is 7.05 Å². The molecule has 0 aliphatic carbocycles. The average molecular weight is 362 g/mol. The molecule has 7 heteroatoms. The smallest absolute Gasteiger partial charge is 0.406 e. The molecule has 1 unspecified atom stereocenters. The van der Waals surface area contributed by atoms with Gasteiger partial charge in [-0.1, -0.05) is 18.2 Å². The number of fused-ring (bicyclic) bond motifs is 2. The van der Waals surface area contributed by atoms with Crippen LogP contribution in [0, 0.1) is 0 Å². The number of hydrogen-bond donors (Lipinski definition) is 2. The van der Waals surface area contributed by atoms with Crippen LogP contribution in [-0.2, 0) is 4.79 Å². The fourth-order valence-electron chi connectivity index (χ4n) is 2.95. The topological polar surface area (TPSA) is 95.0 Å². The summed E-state index contributed by atoms with van der Waals surface area (Å²) in [4.78, 5) is 35.3. The summed E-state index contributed by atoms with van der Waals surface area (Å²) in [6.45, 7) is 1.97. The Morgan fingerprint density at radius 2 is 2.07 bits per heavy atom. The first-order chi connectivity index (χ1) is 13.0. The second kappa shape index (κ2) is 6.60. The van der Waals surface area contributed by atoms with Gasteiger partial charge >= 0.3 is 5.76 Å². The van der Waals surface area contributed by atoms with Gasteiger partial charge in [0.25, 0.3) is 0 Å². The number of nitrogens with zero attached hydrogens (tertiary/aromatic N) is 2. The summed E-state index contributed by atoms with van der Waals surface area (Å²) in [7, 11) is 1.76. The minimum absolute atomic E-state index is 0.113.